The summed E-state index contributed by atoms with van der Waals surface area (Å²) in [5.41, 5.74) is 0.583. The number of hydrogen-bond acceptors (Lipinski definition) is 2. The second-order valence-electron chi connectivity index (χ2n) is 4.63. The van der Waals surface area contributed by atoms with E-state index in [9.17, 15) is 4.39 Å². The van der Waals surface area contributed by atoms with E-state index in [1.165, 1.54) is 12.5 Å². The van der Waals surface area contributed by atoms with E-state index in [0.717, 1.165) is 30.8 Å². The van der Waals surface area contributed by atoms with Crippen LogP contribution in [-0.4, -0.2) is 24.6 Å². The lowest BCUT2D eigenvalue weighted by molar-refractivity contribution is 0.614. The molecule has 0 bridgehead atoms. The highest BCUT2D eigenvalue weighted by atomic mass is 19.1. The minimum Gasteiger partial charge on any atom is -0.371 e. The normalized spacial score (nSPS) is 19.9. The topological polar surface area (TPSA) is 39.8 Å². The molecule has 0 saturated carbocycles. The van der Waals surface area contributed by atoms with Crippen molar-refractivity contribution in [2.24, 2.45) is 5.92 Å². The number of anilines is 1. The summed E-state index contributed by atoms with van der Waals surface area (Å²) in [6, 6.07) is 7.08. The van der Waals surface area contributed by atoms with Gasteiger partial charge in [-0.2, -0.15) is 0 Å². The molecule has 0 amide bonds. The van der Waals surface area contributed by atoms with Crippen LogP contribution in [0.1, 0.15) is 6.42 Å². The Labute approximate surface area is 99.4 Å². The molecule has 1 aromatic carbocycles. The van der Waals surface area contributed by atoms with Gasteiger partial charge < -0.3 is 15.6 Å². The van der Waals surface area contributed by atoms with Crippen molar-refractivity contribution >= 4 is 16.7 Å². The minimum atomic E-state index is -0.196. The van der Waals surface area contributed by atoms with Crippen molar-refractivity contribution in [2.75, 3.05) is 25.0 Å². The summed E-state index contributed by atoms with van der Waals surface area (Å²) in [6.07, 6.45) is 1.21. The van der Waals surface area contributed by atoms with Gasteiger partial charge in [0, 0.05) is 11.9 Å². The molecule has 0 spiro atoms. The van der Waals surface area contributed by atoms with Crippen LogP contribution < -0.4 is 10.6 Å². The van der Waals surface area contributed by atoms with Crippen molar-refractivity contribution in [1.29, 1.82) is 0 Å². The molecule has 1 atom stereocenters. The summed E-state index contributed by atoms with van der Waals surface area (Å²) in [5.74, 6) is 1.38. The molecule has 2 aromatic rings. The average Bonchev–Trinajstić information content (AvgIpc) is 2.95. The van der Waals surface area contributed by atoms with Gasteiger partial charge in [0.05, 0.1) is 5.52 Å². The van der Waals surface area contributed by atoms with Gasteiger partial charge in [-0.05, 0) is 37.6 Å². The second-order valence-corrected chi connectivity index (χ2v) is 4.63. The Bertz CT molecular complexity index is 514. The summed E-state index contributed by atoms with van der Waals surface area (Å²) >= 11 is 0. The Morgan fingerprint density at radius 1 is 1.41 bits per heavy atom. The quantitative estimate of drug-likeness (QED) is 0.761. The van der Waals surface area contributed by atoms with Gasteiger partial charge in [0.25, 0.3) is 0 Å². The van der Waals surface area contributed by atoms with E-state index in [1.54, 1.807) is 6.07 Å². The molecule has 90 valence electrons. The van der Waals surface area contributed by atoms with Crippen molar-refractivity contribution in [2.45, 2.75) is 6.42 Å². The SMILES string of the molecule is Fc1cccc2cc(NC[C@@H]3CCNC3)[nH]c12. The summed E-state index contributed by atoms with van der Waals surface area (Å²) in [4.78, 5) is 3.08. The highest BCUT2D eigenvalue weighted by Gasteiger charge is 2.14. The zero-order valence-electron chi connectivity index (χ0n) is 9.59. The second kappa shape index (κ2) is 4.37. The number of rotatable bonds is 3. The van der Waals surface area contributed by atoms with Crippen molar-refractivity contribution in [3.8, 4) is 0 Å². The van der Waals surface area contributed by atoms with Crippen LogP contribution in [0.25, 0.3) is 10.9 Å². The molecule has 1 aliphatic rings. The van der Waals surface area contributed by atoms with Crippen LogP contribution in [-0.2, 0) is 0 Å². The zero-order chi connectivity index (χ0) is 11.7. The monoisotopic (exact) mass is 233 g/mol. The van der Waals surface area contributed by atoms with E-state index in [-0.39, 0.29) is 5.82 Å². The Hall–Kier alpha value is -1.55. The smallest absolute Gasteiger partial charge is 0.147 e. The van der Waals surface area contributed by atoms with E-state index in [1.807, 2.05) is 12.1 Å². The third kappa shape index (κ3) is 2.13. The molecular formula is C13H16FN3. The standard InChI is InChI=1S/C13H16FN3/c14-11-3-1-2-10-6-12(17-13(10)11)16-8-9-4-5-15-7-9/h1-3,6,9,15-17H,4-5,7-8H2/t9-/m1/s1. The van der Waals surface area contributed by atoms with Crippen LogP contribution in [0.3, 0.4) is 0 Å². The van der Waals surface area contributed by atoms with Gasteiger partial charge in [0.1, 0.15) is 11.6 Å². The van der Waals surface area contributed by atoms with Crippen LogP contribution in [0.15, 0.2) is 24.3 Å². The Morgan fingerprint density at radius 3 is 3.12 bits per heavy atom. The fourth-order valence-electron chi connectivity index (χ4n) is 2.36. The summed E-state index contributed by atoms with van der Waals surface area (Å²) < 4.78 is 13.5. The number of halogens is 1. The lowest BCUT2D eigenvalue weighted by atomic mass is 10.1. The number of fused-ring (bicyclic) bond motifs is 1. The Kier molecular flexibility index (Phi) is 2.73. The number of para-hydroxylation sites is 1. The van der Waals surface area contributed by atoms with Gasteiger partial charge in [0.2, 0.25) is 0 Å². The van der Waals surface area contributed by atoms with Gasteiger partial charge >= 0.3 is 0 Å². The highest BCUT2D eigenvalue weighted by molar-refractivity contribution is 5.84. The van der Waals surface area contributed by atoms with Gasteiger partial charge in [-0.3, -0.25) is 0 Å². The molecule has 2 heterocycles. The summed E-state index contributed by atoms with van der Waals surface area (Å²) in [5, 5.41) is 7.59. The molecule has 0 unspecified atom stereocenters. The molecule has 3 nitrogen and oxygen atoms in total. The average molecular weight is 233 g/mol. The maximum Gasteiger partial charge on any atom is 0.147 e. The van der Waals surface area contributed by atoms with Crippen molar-refractivity contribution in [3.63, 3.8) is 0 Å². The minimum absolute atomic E-state index is 0.196. The molecule has 1 fully saturated rings. The summed E-state index contributed by atoms with van der Waals surface area (Å²) in [6.45, 7) is 3.11. The van der Waals surface area contributed by atoms with E-state index in [0.29, 0.717) is 11.4 Å². The maximum absolute atomic E-state index is 13.5. The third-order valence-electron chi connectivity index (χ3n) is 3.35. The van der Waals surface area contributed by atoms with Gasteiger partial charge in [-0.1, -0.05) is 12.1 Å². The molecule has 1 saturated heterocycles. The predicted molar refractivity (Wildman–Crippen MR) is 67.7 cm³/mol. The summed E-state index contributed by atoms with van der Waals surface area (Å²) in [7, 11) is 0. The number of benzene rings is 1. The van der Waals surface area contributed by atoms with E-state index < -0.39 is 0 Å². The van der Waals surface area contributed by atoms with Crippen LogP contribution in [0.4, 0.5) is 10.2 Å². The molecule has 4 heteroatoms. The van der Waals surface area contributed by atoms with E-state index in [4.69, 9.17) is 0 Å². The first-order valence-electron chi connectivity index (χ1n) is 6.05. The number of aromatic amines is 1. The van der Waals surface area contributed by atoms with Crippen LogP contribution >= 0.6 is 0 Å². The molecule has 0 aliphatic carbocycles. The lowest BCUT2D eigenvalue weighted by Gasteiger charge is -2.09. The first-order chi connectivity index (χ1) is 8.33. The van der Waals surface area contributed by atoms with E-state index in [2.05, 4.69) is 15.6 Å². The van der Waals surface area contributed by atoms with Crippen molar-refractivity contribution < 1.29 is 4.39 Å². The number of aromatic nitrogens is 1. The van der Waals surface area contributed by atoms with Crippen LogP contribution in [0.5, 0.6) is 0 Å². The van der Waals surface area contributed by atoms with Crippen LogP contribution in [0.2, 0.25) is 0 Å². The molecule has 1 aliphatic heterocycles. The number of hydrogen-bond donors (Lipinski definition) is 3. The van der Waals surface area contributed by atoms with Crippen LogP contribution in [0, 0.1) is 11.7 Å². The number of nitrogens with one attached hydrogen (secondary N) is 3. The van der Waals surface area contributed by atoms with Gasteiger partial charge in [0.15, 0.2) is 0 Å². The molecular weight excluding hydrogens is 217 g/mol. The molecule has 0 radical (unpaired) electrons. The lowest BCUT2D eigenvalue weighted by Crippen LogP contribution is -2.17. The Balaban J connectivity index is 1.74. The van der Waals surface area contributed by atoms with Gasteiger partial charge in [-0.25, -0.2) is 4.39 Å². The Morgan fingerprint density at radius 2 is 2.35 bits per heavy atom. The van der Waals surface area contributed by atoms with E-state index >= 15 is 0 Å². The van der Waals surface area contributed by atoms with Gasteiger partial charge in [-0.15, -0.1) is 0 Å². The maximum atomic E-state index is 13.5. The van der Waals surface area contributed by atoms with Crippen molar-refractivity contribution in [1.82, 2.24) is 10.3 Å². The highest BCUT2D eigenvalue weighted by Crippen LogP contribution is 2.21. The fourth-order valence-corrected chi connectivity index (χ4v) is 2.36. The predicted octanol–water partition coefficient (Wildman–Crippen LogP) is 2.33. The molecule has 3 rings (SSSR count). The largest absolute Gasteiger partial charge is 0.371 e. The van der Waals surface area contributed by atoms with Crippen molar-refractivity contribution in [3.05, 3.63) is 30.1 Å². The third-order valence-corrected chi connectivity index (χ3v) is 3.35. The molecule has 1 aromatic heterocycles. The first kappa shape index (κ1) is 10.6. The molecule has 17 heavy (non-hydrogen) atoms. The fraction of sp³-hybridized carbons (Fsp3) is 0.385. The zero-order valence-corrected chi connectivity index (χ0v) is 9.59. The number of H-pyrrole nitrogens is 1. The first-order valence-corrected chi connectivity index (χ1v) is 6.05. The molecule has 3 N–H and O–H groups in total.